The van der Waals surface area contributed by atoms with Crippen molar-refractivity contribution < 1.29 is 33.4 Å². The number of nitrogens with zero attached hydrogens (tertiary/aromatic N) is 4. The highest BCUT2D eigenvalue weighted by Gasteiger charge is 2.17. The molecule has 0 N–H and O–H groups in total. The average molecular weight is 849 g/mol. The van der Waals surface area contributed by atoms with E-state index in [2.05, 4.69) is 35.0 Å². The molecule has 6 aromatic rings. The third-order valence-corrected chi connectivity index (χ3v) is 8.29. The van der Waals surface area contributed by atoms with Gasteiger partial charge in [-0.05, 0) is 94.3 Å². The molecule has 4 aromatic carbocycles. The SMILES string of the molecule is Cc1ccc2nc(-c3ccc(Cl)cc3)c(CBr)nc2c1.Cc1ccc2nc(-c3ccc(Cl)cc3)c(COCCC(=O)OC(C)(C)C)nc2c1.O=C=O.O=C=O. The molecule has 0 amide bonds. The molecule has 0 saturated carbocycles. The van der Waals surface area contributed by atoms with Crippen LogP contribution in [0.1, 0.15) is 49.7 Å². The minimum absolute atomic E-state index is 0.188. The number of carbonyl (C=O) groups excluding carboxylic acids is 5. The summed E-state index contributed by atoms with van der Waals surface area (Å²) in [7, 11) is 0. The van der Waals surface area contributed by atoms with Crippen molar-refractivity contribution in [3.8, 4) is 22.5 Å². The Kier molecular flexibility index (Phi) is 17.4. The normalized spacial score (nSPS) is 10.4. The molecule has 0 fully saturated rings. The van der Waals surface area contributed by atoms with Crippen LogP contribution in [0.15, 0.2) is 84.9 Å². The third-order valence-electron chi connectivity index (χ3n) is 7.26. The van der Waals surface area contributed by atoms with Crippen LogP contribution in [-0.2, 0) is 45.4 Å². The van der Waals surface area contributed by atoms with Crippen molar-refractivity contribution in [1.29, 1.82) is 0 Å². The summed E-state index contributed by atoms with van der Waals surface area (Å²) in [5.74, 6) is -0.282. The summed E-state index contributed by atoms with van der Waals surface area (Å²) in [5.41, 5.74) is 10.5. The van der Waals surface area contributed by atoms with Gasteiger partial charge in [0.15, 0.2) is 0 Å². The van der Waals surface area contributed by atoms with Gasteiger partial charge in [0.2, 0.25) is 0 Å². The number of halogens is 3. The Morgan fingerprint density at radius 1 is 0.655 bits per heavy atom. The standard InChI is InChI=1S/C23H25ClN2O3.C16H12BrClN2.2CO2/c1-15-5-10-18-19(13-15)25-20(14-28-12-11-21(27)29-23(2,3)4)22(26-18)16-6-8-17(24)9-7-16;1-10-2-7-13-14(8-10)19-15(9-17)16(20-13)11-3-5-12(18)6-4-11;2*2-1-3/h5-10,13H,11-12,14H2,1-4H3;2-8H,9H2,1H3;;. The van der Waals surface area contributed by atoms with E-state index in [9.17, 15) is 4.79 Å². The Morgan fingerprint density at radius 2 is 1.07 bits per heavy atom. The number of fused-ring (bicyclic) bond motifs is 2. The molecule has 2 heterocycles. The second kappa shape index (κ2) is 21.6. The van der Waals surface area contributed by atoms with Gasteiger partial charge >= 0.3 is 18.3 Å². The molecule has 0 spiro atoms. The molecule has 0 aliphatic heterocycles. The second-order valence-corrected chi connectivity index (χ2v) is 14.2. The predicted octanol–water partition coefficient (Wildman–Crippen LogP) is 9.49. The average Bonchev–Trinajstić information content (AvgIpc) is 3.13. The summed E-state index contributed by atoms with van der Waals surface area (Å²) in [4.78, 5) is 63.4. The number of alkyl halides is 1. The van der Waals surface area contributed by atoms with E-state index < -0.39 is 5.60 Å². The van der Waals surface area contributed by atoms with Crippen LogP contribution in [0, 0.1) is 13.8 Å². The first kappa shape index (κ1) is 44.2. The zero-order valence-corrected chi connectivity index (χ0v) is 33.8. The smallest absolute Gasteiger partial charge is 0.373 e. The zero-order valence-electron chi connectivity index (χ0n) is 30.7. The van der Waals surface area contributed by atoms with Crippen LogP contribution < -0.4 is 0 Å². The van der Waals surface area contributed by atoms with Gasteiger partial charge in [-0.3, -0.25) is 4.79 Å². The summed E-state index contributed by atoms with van der Waals surface area (Å²) in [6, 6.07) is 27.2. The number of hydrogen-bond donors (Lipinski definition) is 0. The zero-order chi connectivity index (χ0) is 40.5. The molecule has 11 nitrogen and oxygen atoms in total. The Bertz CT molecular complexity index is 2280. The summed E-state index contributed by atoms with van der Waals surface area (Å²) in [5, 5.41) is 2.05. The molecule has 14 heteroatoms. The molecule has 0 aliphatic rings. The lowest BCUT2D eigenvalue weighted by atomic mass is 10.1. The molecular formula is C41H37BrCl2N4O7. The number of carbonyl (C=O) groups is 1. The number of ether oxygens (including phenoxy) is 2. The molecule has 55 heavy (non-hydrogen) atoms. The van der Waals surface area contributed by atoms with Crippen LogP contribution >= 0.6 is 39.1 Å². The Labute approximate surface area is 336 Å². The molecule has 0 atom stereocenters. The minimum Gasteiger partial charge on any atom is -0.460 e. The van der Waals surface area contributed by atoms with E-state index in [0.29, 0.717) is 10.4 Å². The minimum atomic E-state index is -0.499. The maximum absolute atomic E-state index is 11.9. The van der Waals surface area contributed by atoms with Crippen LogP contribution in [0.2, 0.25) is 10.0 Å². The summed E-state index contributed by atoms with van der Waals surface area (Å²) in [6.07, 6.45) is 0.688. The lowest BCUT2D eigenvalue weighted by molar-refractivity contribution is -0.193. The van der Waals surface area contributed by atoms with Crippen molar-refractivity contribution in [1.82, 2.24) is 19.9 Å². The van der Waals surface area contributed by atoms with Crippen molar-refractivity contribution in [2.24, 2.45) is 0 Å². The highest BCUT2D eigenvalue weighted by atomic mass is 79.9. The van der Waals surface area contributed by atoms with Crippen molar-refractivity contribution in [2.75, 3.05) is 6.61 Å². The highest BCUT2D eigenvalue weighted by Crippen LogP contribution is 2.28. The monoisotopic (exact) mass is 846 g/mol. The molecule has 0 bridgehead atoms. The van der Waals surface area contributed by atoms with Crippen LogP contribution in [0.4, 0.5) is 0 Å². The molecule has 0 aliphatic carbocycles. The summed E-state index contributed by atoms with van der Waals surface area (Å²) >= 11 is 15.5. The van der Waals surface area contributed by atoms with E-state index in [-0.39, 0.29) is 37.9 Å². The fraction of sp³-hybridized carbons (Fsp3) is 0.244. The summed E-state index contributed by atoms with van der Waals surface area (Å²) < 4.78 is 11.0. The second-order valence-electron chi connectivity index (χ2n) is 12.7. The Balaban J connectivity index is 0.000000270. The molecule has 6 rings (SSSR count). The van der Waals surface area contributed by atoms with Gasteiger partial charge in [-0.1, -0.05) is 75.5 Å². The van der Waals surface area contributed by atoms with Crippen LogP contribution in [0.3, 0.4) is 0 Å². The largest absolute Gasteiger partial charge is 0.460 e. The fourth-order valence-corrected chi connectivity index (χ4v) is 5.63. The topological polar surface area (TPSA) is 155 Å². The van der Waals surface area contributed by atoms with Crippen molar-refractivity contribution in [3.05, 3.63) is 117 Å². The molecule has 2 aromatic heterocycles. The molecule has 0 radical (unpaired) electrons. The molecule has 0 unspecified atom stereocenters. The van der Waals surface area contributed by atoms with E-state index in [1.165, 1.54) is 5.56 Å². The molecule has 0 saturated heterocycles. The maximum Gasteiger partial charge on any atom is 0.373 e. The van der Waals surface area contributed by atoms with E-state index >= 15 is 0 Å². The lowest BCUT2D eigenvalue weighted by Crippen LogP contribution is -2.24. The number of aromatic nitrogens is 4. The fourth-order valence-electron chi connectivity index (χ4n) is 4.99. The van der Waals surface area contributed by atoms with E-state index in [0.717, 1.165) is 66.6 Å². The Morgan fingerprint density at radius 3 is 1.49 bits per heavy atom. The van der Waals surface area contributed by atoms with Gasteiger partial charge in [-0.15, -0.1) is 0 Å². The van der Waals surface area contributed by atoms with E-state index in [1.54, 1.807) is 0 Å². The summed E-state index contributed by atoms with van der Waals surface area (Å²) in [6.45, 7) is 10.1. The van der Waals surface area contributed by atoms with Gasteiger partial charge in [0.25, 0.3) is 0 Å². The van der Waals surface area contributed by atoms with Gasteiger partial charge in [-0.2, -0.15) is 19.2 Å². The number of hydrogen-bond acceptors (Lipinski definition) is 11. The molecular weight excluding hydrogens is 811 g/mol. The van der Waals surface area contributed by atoms with Crippen LogP contribution in [0.5, 0.6) is 0 Å². The first-order chi connectivity index (χ1) is 26.2. The highest BCUT2D eigenvalue weighted by molar-refractivity contribution is 9.08. The molecule has 284 valence electrons. The maximum atomic E-state index is 11.9. The van der Waals surface area contributed by atoms with Gasteiger partial charge < -0.3 is 9.47 Å². The number of rotatable bonds is 8. The quantitative estimate of drug-likeness (QED) is 0.0817. The lowest BCUT2D eigenvalue weighted by Gasteiger charge is -2.19. The number of esters is 1. The van der Waals surface area contributed by atoms with Crippen molar-refractivity contribution in [2.45, 2.75) is 58.6 Å². The number of benzene rings is 4. The van der Waals surface area contributed by atoms with Gasteiger partial charge in [-0.25, -0.2) is 19.9 Å². The van der Waals surface area contributed by atoms with Gasteiger partial charge in [0.05, 0.1) is 64.5 Å². The van der Waals surface area contributed by atoms with E-state index in [4.69, 9.17) is 71.8 Å². The first-order valence-corrected chi connectivity index (χ1v) is 18.5. The van der Waals surface area contributed by atoms with Crippen LogP contribution in [0.25, 0.3) is 44.6 Å². The third kappa shape index (κ3) is 14.2. The number of aryl methyl sites for hydroxylation is 2. The van der Waals surface area contributed by atoms with Crippen molar-refractivity contribution in [3.63, 3.8) is 0 Å². The Hall–Kier alpha value is -5.19. The van der Waals surface area contributed by atoms with Gasteiger partial charge in [0, 0.05) is 26.5 Å². The van der Waals surface area contributed by atoms with Gasteiger partial charge in [0.1, 0.15) is 5.60 Å². The predicted molar refractivity (Wildman–Crippen MR) is 212 cm³/mol. The first-order valence-electron chi connectivity index (χ1n) is 16.6. The van der Waals surface area contributed by atoms with E-state index in [1.807, 2.05) is 100 Å². The van der Waals surface area contributed by atoms with Crippen LogP contribution in [-0.4, -0.2) is 50.4 Å². The van der Waals surface area contributed by atoms with Crippen molar-refractivity contribution >= 4 is 79.5 Å².